The average molecular weight is 407 g/mol. The van der Waals surface area contributed by atoms with Gasteiger partial charge in [-0.3, -0.25) is 4.98 Å². The van der Waals surface area contributed by atoms with Crippen molar-refractivity contribution in [2.75, 3.05) is 19.0 Å². The largest absolute Gasteiger partial charge is 0.494 e. The molecule has 1 N–H and O–H groups in total. The number of anilines is 1. The van der Waals surface area contributed by atoms with Gasteiger partial charge in [-0.25, -0.2) is 9.97 Å². The van der Waals surface area contributed by atoms with E-state index in [4.69, 9.17) is 9.47 Å². The van der Waals surface area contributed by atoms with Gasteiger partial charge in [-0.05, 0) is 50.6 Å². The van der Waals surface area contributed by atoms with Gasteiger partial charge in [0, 0.05) is 17.1 Å². The lowest BCUT2D eigenvalue weighted by atomic mass is 10.1. The number of hydrogen-bond acceptors (Lipinski definition) is 6. The molecule has 0 saturated carbocycles. The third kappa shape index (κ3) is 5.56. The number of allylic oxidation sites excluding steroid dienone is 2. The van der Waals surface area contributed by atoms with Crippen LogP contribution in [0.3, 0.4) is 0 Å². The van der Waals surface area contributed by atoms with Gasteiger partial charge in [0.15, 0.2) is 0 Å². The van der Waals surface area contributed by atoms with Gasteiger partial charge >= 0.3 is 0 Å². The number of benzene rings is 1. The Morgan fingerprint density at radius 3 is 2.57 bits per heavy atom. The average Bonchev–Trinajstić information content (AvgIpc) is 2.78. The van der Waals surface area contributed by atoms with Gasteiger partial charge in [0.1, 0.15) is 29.2 Å². The maximum Gasteiger partial charge on any atom is 0.145 e. The molecular weight excluding hydrogens is 376 g/mol. The summed E-state index contributed by atoms with van der Waals surface area (Å²) in [5, 5.41) is 4.12. The predicted octanol–water partition coefficient (Wildman–Crippen LogP) is 5.90. The lowest BCUT2D eigenvalue weighted by molar-refractivity contribution is 0.306. The number of rotatable bonds is 7. The molecule has 1 aromatic carbocycles. The van der Waals surface area contributed by atoms with Crippen LogP contribution in [0.2, 0.25) is 0 Å². The molecule has 0 radical (unpaired) electrons. The lowest BCUT2D eigenvalue weighted by Crippen LogP contribution is -2.08. The molecule has 6 nitrogen and oxygen atoms in total. The van der Waals surface area contributed by atoms with Crippen LogP contribution in [0, 0.1) is 6.92 Å². The van der Waals surface area contributed by atoms with Crippen molar-refractivity contribution in [2.45, 2.75) is 34.6 Å². The van der Waals surface area contributed by atoms with Crippen molar-refractivity contribution in [1.82, 2.24) is 15.0 Å². The number of nitrogens with one attached hydrogen (secondary N) is 1. The van der Waals surface area contributed by atoms with E-state index >= 15 is 0 Å². The number of fused-ring (bicyclic) bond motifs is 1. The van der Waals surface area contributed by atoms with Crippen LogP contribution in [-0.4, -0.2) is 28.6 Å². The summed E-state index contributed by atoms with van der Waals surface area (Å²) in [6.07, 6.45) is 5.24. The van der Waals surface area contributed by atoms with E-state index in [9.17, 15) is 0 Å². The number of aromatic nitrogens is 3. The Morgan fingerprint density at radius 1 is 1.17 bits per heavy atom. The van der Waals surface area contributed by atoms with Gasteiger partial charge in [-0.2, -0.15) is 0 Å². The normalized spacial score (nSPS) is 10.8. The SMILES string of the molecule is C=C(CNc1ncnc2c(OC)cc(-c3ccc(C)cn3)cc12)O/C(C)=C\C.CC. The van der Waals surface area contributed by atoms with E-state index in [-0.39, 0.29) is 0 Å². The first-order valence-corrected chi connectivity index (χ1v) is 10.00. The highest BCUT2D eigenvalue weighted by molar-refractivity contribution is 5.96. The fourth-order valence-corrected chi connectivity index (χ4v) is 2.72. The highest BCUT2D eigenvalue weighted by Gasteiger charge is 2.13. The van der Waals surface area contributed by atoms with E-state index in [1.54, 1.807) is 7.11 Å². The number of nitrogens with zero attached hydrogens (tertiary/aromatic N) is 3. The second-order valence-corrected chi connectivity index (χ2v) is 6.41. The van der Waals surface area contributed by atoms with Gasteiger partial charge in [0.2, 0.25) is 0 Å². The van der Waals surface area contributed by atoms with Gasteiger partial charge in [0.05, 0.1) is 25.1 Å². The second-order valence-electron chi connectivity index (χ2n) is 6.41. The zero-order valence-electron chi connectivity index (χ0n) is 18.6. The van der Waals surface area contributed by atoms with Crippen molar-refractivity contribution >= 4 is 16.7 Å². The van der Waals surface area contributed by atoms with Crippen LogP contribution >= 0.6 is 0 Å². The Hall–Kier alpha value is -3.41. The summed E-state index contributed by atoms with van der Waals surface area (Å²) < 4.78 is 11.2. The van der Waals surface area contributed by atoms with Crippen LogP contribution in [0.15, 0.2) is 61.0 Å². The van der Waals surface area contributed by atoms with Crippen molar-refractivity contribution in [3.05, 3.63) is 66.5 Å². The first-order chi connectivity index (χ1) is 14.5. The predicted molar refractivity (Wildman–Crippen MR) is 124 cm³/mol. The smallest absolute Gasteiger partial charge is 0.145 e. The molecule has 0 atom stereocenters. The van der Waals surface area contributed by atoms with E-state index in [0.29, 0.717) is 23.9 Å². The van der Waals surface area contributed by atoms with Crippen LogP contribution < -0.4 is 10.1 Å². The molecule has 3 rings (SSSR count). The molecular formula is C24H30N4O2. The molecule has 0 bridgehead atoms. The van der Waals surface area contributed by atoms with E-state index in [1.807, 2.05) is 71.2 Å². The Labute approximate surface area is 178 Å². The molecule has 2 aromatic heterocycles. The molecule has 6 heteroatoms. The summed E-state index contributed by atoms with van der Waals surface area (Å²) in [6, 6.07) is 7.97. The third-order valence-corrected chi connectivity index (χ3v) is 4.30. The molecule has 3 aromatic rings. The Morgan fingerprint density at radius 2 is 1.93 bits per heavy atom. The minimum Gasteiger partial charge on any atom is -0.494 e. The van der Waals surface area contributed by atoms with Gasteiger partial charge in [0.25, 0.3) is 0 Å². The van der Waals surface area contributed by atoms with Crippen molar-refractivity contribution in [1.29, 1.82) is 0 Å². The van der Waals surface area contributed by atoms with Crippen LogP contribution in [-0.2, 0) is 4.74 Å². The highest BCUT2D eigenvalue weighted by Crippen LogP contribution is 2.33. The van der Waals surface area contributed by atoms with Gasteiger partial charge in [-0.1, -0.05) is 26.5 Å². The quantitative estimate of drug-likeness (QED) is 0.493. The molecule has 0 spiro atoms. The number of hydrogen-bond donors (Lipinski definition) is 1. The van der Waals surface area contributed by atoms with Crippen molar-refractivity contribution < 1.29 is 9.47 Å². The van der Waals surface area contributed by atoms with Crippen LogP contribution in [0.4, 0.5) is 5.82 Å². The van der Waals surface area contributed by atoms with E-state index < -0.39 is 0 Å². The maximum absolute atomic E-state index is 5.61. The van der Waals surface area contributed by atoms with Crippen LogP contribution in [0.25, 0.3) is 22.2 Å². The molecule has 0 aliphatic rings. The minimum atomic E-state index is 0.423. The summed E-state index contributed by atoms with van der Waals surface area (Å²) >= 11 is 0. The minimum absolute atomic E-state index is 0.423. The van der Waals surface area contributed by atoms with Gasteiger partial charge in [-0.15, -0.1) is 0 Å². The Balaban J connectivity index is 0.00000155. The molecule has 0 saturated heterocycles. The number of ether oxygens (including phenoxy) is 2. The van der Waals surface area contributed by atoms with Crippen molar-refractivity contribution in [2.24, 2.45) is 0 Å². The second kappa shape index (κ2) is 11.0. The Kier molecular flexibility index (Phi) is 8.35. The molecule has 0 aliphatic heterocycles. The number of methoxy groups -OCH3 is 1. The fraction of sp³-hybridized carbons (Fsp3) is 0.292. The number of aryl methyl sites for hydroxylation is 1. The summed E-state index contributed by atoms with van der Waals surface area (Å²) in [6.45, 7) is 14.2. The number of pyridine rings is 1. The third-order valence-electron chi connectivity index (χ3n) is 4.30. The molecule has 0 unspecified atom stereocenters. The monoisotopic (exact) mass is 406 g/mol. The zero-order chi connectivity index (χ0) is 22.1. The van der Waals surface area contributed by atoms with Crippen molar-refractivity contribution in [3.63, 3.8) is 0 Å². The van der Waals surface area contributed by atoms with E-state index in [1.165, 1.54) is 6.33 Å². The van der Waals surface area contributed by atoms with Gasteiger partial charge < -0.3 is 14.8 Å². The van der Waals surface area contributed by atoms with E-state index in [2.05, 4.69) is 26.8 Å². The molecule has 0 fully saturated rings. The van der Waals surface area contributed by atoms with E-state index in [0.717, 1.165) is 33.5 Å². The van der Waals surface area contributed by atoms with Crippen molar-refractivity contribution in [3.8, 4) is 17.0 Å². The molecule has 0 amide bonds. The van der Waals surface area contributed by atoms with Crippen LogP contribution in [0.5, 0.6) is 5.75 Å². The summed E-state index contributed by atoms with van der Waals surface area (Å²) in [7, 11) is 1.63. The molecule has 0 aliphatic carbocycles. The topological polar surface area (TPSA) is 69.2 Å². The summed E-state index contributed by atoms with van der Waals surface area (Å²) in [4.78, 5) is 13.3. The lowest BCUT2D eigenvalue weighted by Gasteiger charge is -2.14. The highest BCUT2D eigenvalue weighted by atomic mass is 16.5. The summed E-state index contributed by atoms with van der Waals surface area (Å²) in [5.74, 6) is 2.75. The molecule has 158 valence electrons. The standard InChI is InChI=1S/C22H24N4O2.C2H6/c1-6-15(3)28-16(4)12-24-22-18-9-17(19-8-7-14(2)11-23-19)10-20(27-5)21(18)25-13-26-22;1-2/h6-11,13H,4,12H2,1-3,5H3,(H,24,25,26);1-2H3/b15-6-;. The van der Waals surface area contributed by atoms with Crippen LogP contribution in [0.1, 0.15) is 33.3 Å². The Bertz CT molecular complexity index is 1030. The summed E-state index contributed by atoms with van der Waals surface area (Å²) in [5.41, 5.74) is 3.63. The fourth-order valence-electron chi connectivity index (χ4n) is 2.72. The maximum atomic E-state index is 5.61. The zero-order valence-corrected chi connectivity index (χ0v) is 18.6. The first kappa shape index (κ1) is 22.9. The molecule has 30 heavy (non-hydrogen) atoms. The molecule has 2 heterocycles. The first-order valence-electron chi connectivity index (χ1n) is 10.00.